The number of carbonyl (C=O) groups is 2. The molecule has 10 heteroatoms. The van der Waals surface area contributed by atoms with Crippen molar-refractivity contribution in [2.45, 2.75) is 13.0 Å². The van der Waals surface area contributed by atoms with Gasteiger partial charge >= 0.3 is 6.03 Å². The molecule has 0 saturated carbocycles. The standard InChI is InChI=1S/C21H22ClN7O2/c1-14-4-2-3-5-17(14)27-20(25-13-23)28-10-11-29(18(12-28)19(24)30)21(31)26-16-8-6-15(22)7-9-16/h2-9,18H,10-12H2,1H3,(H2,24,30)(H,25,27)(H,26,31). The molecule has 31 heavy (non-hydrogen) atoms. The Morgan fingerprint density at radius 1 is 1.19 bits per heavy atom. The molecule has 0 bridgehead atoms. The van der Waals surface area contributed by atoms with Crippen molar-refractivity contribution in [3.05, 3.63) is 59.1 Å². The van der Waals surface area contributed by atoms with Crippen LogP contribution in [0.25, 0.3) is 0 Å². The smallest absolute Gasteiger partial charge is 0.322 e. The van der Waals surface area contributed by atoms with Crippen molar-refractivity contribution in [1.29, 1.82) is 5.26 Å². The summed E-state index contributed by atoms with van der Waals surface area (Å²) in [7, 11) is 0. The van der Waals surface area contributed by atoms with Crippen molar-refractivity contribution in [3.63, 3.8) is 0 Å². The first-order valence-electron chi connectivity index (χ1n) is 9.56. The minimum atomic E-state index is -0.899. The summed E-state index contributed by atoms with van der Waals surface area (Å²) in [6.45, 7) is 2.58. The van der Waals surface area contributed by atoms with E-state index < -0.39 is 18.0 Å². The Labute approximate surface area is 185 Å². The molecular formula is C21H22ClN7O2. The van der Waals surface area contributed by atoms with Crippen LogP contribution in [0.3, 0.4) is 0 Å². The van der Waals surface area contributed by atoms with E-state index in [0.717, 1.165) is 5.56 Å². The maximum atomic E-state index is 12.8. The van der Waals surface area contributed by atoms with E-state index in [1.165, 1.54) is 4.90 Å². The van der Waals surface area contributed by atoms with Gasteiger partial charge in [0.2, 0.25) is 11.9 Å². The summed E-state index contributed by atoms with van der Waals surface area (Å²) < 4.78 is 0. The number of aryl methyl sites for hydroxylation is 1. The molecule has 1 saturated heterocycles. The summed E-state index contributed by atoms with van der Waals surface area (Å²) in [5.41, 5.74) is 7.77. The molecule has 2 aromatic carbocycles. The number of guanidine groups is 1. The number of amides is 3. The number of piperazine rings is 1. The lowest BCUT2D eigenvalue weighted by Crippen LogP contribution is -2.62. The summed E-state index contributed by atoms with van der Waals surface area (Å²) in [6.07, 6.45) is 1.88. The lowest BCUT2D eigenvalue weighted by molar-refractivity contribution is -0.123. The number of nitrogens with two attached hydrogens (primary N) is 1. The van der Waals surface area contributed by atoms with Crippen LogP contribution in [0, 0.1) is 18.4 Å². The Morgan fingerprint density at radius 3 is 2.55 bits per heavy atom. The molecule has 0 aliphatic carbocycles. The number of rotatable bonds is 3. The predicted molar refractivity (Wildman–Crippen MR) is 119 cm³/mol. The minimum Gasteiger partial charge on any atom is -0.368 e. The summed E-state index contributed by atoms with van der Waals surface area (Å²) >= 11 is 5.87. The van der Waals surface area contributed by atoms with Crippen molar-refractivity contribution in [3.8, 4) is 6.19 Å². The first-order chi connectivity index (χ1) is 14.9. The van der Waals surface area contributed by atoms with Crippen LogP contribution in [0.1, 0.15) is 5.56 Å². The first-order valence-corrected chi connectivity index (χ1v) is 9.93. The van der Waals surface area contributed by atoms with Crippen LogP contribution in [-0.4, -0.2) is 53.4 Å². The minimum absolute atomic E-state index is 0.1000. The third-order valence-electron chi connectivity index (χ3n) is 4.87. The van der Waals surface area contributed by atoms with Gasteiger partial charge in [-0.3, -0.25) is 10.1 Å². The largest absolute Gasteiger partial charge is 0.368 e. The summed E-state index contributed by atoms with van der Waals surface area (Å²) in [4.78, 5) is 32.5. The average Bonchev–Trinajstić information content (AvgIpc) is 2.76. The molecule has 1 atom stereocenters. The molecule has 9 nitrogen and oxygen atoms in total. The maximum absolute atomic E-state index is 12.8. The van der Waals surface area contributed by atoms with Gasteiger partial charge in [-0.2, -0.15) is 5.26 Å². The van der Waals surface area contributed by atoms with Crippen LogP contribution in [0.5, 0.6) is 0 Å². The normalized spacial score (nSPS) is 16.4. The molecule has 1 aliphatic heterocycles. The number of hydrogen-bond acceptors (Lipinski definition) is 4. The third-order valence-corrected chi connectivity index (χ3v) is 5.13. The lowest BCUT2D eigenvalue weighted by Gasteiger charge is -2.40. The van der Waals surface area contributed by atoms with Gasteiger partial charge in [-0.25, -0.2) is 9.79 Å². The third kappa shape index (κ3) is 5.43. The Morgan fingerprint density at radius 2 is 1.90 bits per heavy atom. The fourth-order valence-corrected chi connectivity index (χ4v) is 3.35. The van der Waals surface area contributed by atoms with Crippen molar-refractivity contribution in [2.75, 3.05) is 25.0 Å². The van der Waals surface area contributed by atoms with Crippen LogP contribution < -0.4 is 16.4 Å². The van der Waals surface area contributed by atoms with Gasteiger partial charge in [0, 0.05) is 23.8 Å². The molecule has 0 spiro atoms. The number of halogens is 1. The SMILES string of the molecule is Cc1ccccc1N=C(NC#N)N1CCN(C(=O)Nc2ccc(Cl)cc2)C(C(N)=O)C1. The van der Waals surface area contributed by atoms with Gasteiger partial charge < -0.3 is 20.9 Å². The van der Waals surface area contributed by atoms with Crippen LogP contribution in [-0.2, 0) is 4.79 Å². The second-order valence-electron chi connectivity index (χ2n) is 6.95. The van der Waals surface area contributed by atoms with Gasteiger partial charge in [0.15, 0.2) is 6.19 Å². The molecule has 4 N–H and O–H groups in total. The van der Waals surface area contributed by atoms with E-state index in [1.807, 2.05) is 37.4 Å². The van der Waals surface area contributed by atoms with Crippen LogP contribution in [0.2, 0.25) is 5.02 Å². The van der Waals surface area contributed by atoms with Crippen molar-refractivity contribution >= 4 is 40.9 Å². The molecule has 0 radical (unpaired) electrons. The fraction of sp³-hybridized carbons (Fsp3) is 0.238. The molecule has 1 unspecified atom stereocenters. The second kappa shape index (κ2) is 9.82. The number of benzene rings is 2. The number of aliphatic imine (C=N–C) groups is 1. The van der Waals surface area contributed by atoms with Gasteiger partial charge in [0.05, 0.1) is 12.2 Å². The first kappa shape index (κ1) is 21.9. The summed E-state index contributed by atoms with van der Waals surface area (Å²) in [6, 6.07) is 12.8. The van der Waals surface area contributed by atoms with Crippen molar-refractivity contribution in [1.82, 2.24) is 15.1 Å². The van der Waals surface area contributed by atoms with E-state index in [9.17, 15) is 9.59 Å². The Balaban J connectivity index is 1.78. The number of anilines is 1. The molecule has 1 aliphatic rings. The van der Waals surface area contributed by atoms with Crippen LogP contribution in [0.15, 0.2) is 53.5 Å². The topological polar surface area (TPSA) is 127 Å². The van der Waals surface area contributed by atoms with Gasteiger partial charge in [0.1, 0.15) is 6.04 Å². The highest BCUT2D eigenvalue weighted by molar-refractivity contribution is 6.30. The number of para-hydroxylation sites is 1. The highest BCUT2D eigenvalue weighted by Crippen LogP contribution is 2.20. The molecule has 160 valence electrons. The maximum Gasteiger partial charge on any atom is 0.322 e. The second-order valence-corrected chi connectivity index (χ2v) is 7.39. The summed E-state index contributed by atoms with van der Waals surface area (Å²) in [5, 5.41) is 15.0. The Bertz CT molecular complexity index is 1030. The number of carbonyl (C=O) groups excluding carboxylic acids is 2. The van der Waals surface area contributed by atoms with Gasteiger partial charge in [-0.05, 0) is 42.8 Å². The van der Waals surface area contributed by atoms with Gasteiger partial charge in [0.25, 0.3) is 0 Å². The molecule has 3 rings (SSSR count). The number of nitriles is 1. The van der Waals surface area contributed by atoms with Crippen LogP contribution >= 0.6 is 11.6 Å². The highest BCUT2D eigenvalue weighted by Gasteiger charge is 2.35. The summed E-state index contributed by atoms with van der Waals surface area (Å²) in [5.74, 6) is -0.357. The lowest BCUT2D eigenvalue weighted by atomic mass is 10.1. The zero-order valence-corrected chi connectivity index (χ0v) is 17.6. The zero-order chi connectivity index (χ0) is 22.4. The molecule has 3 amide bonds. The number of hydrogen-bond donors (Lipinski definition) is 3. The van der Waals surface area contributed by atoms with Gasteiger partial charge in [-0.15, -0.1) is 0 Å². The number of nitrogens with one attached hydrogen (secondary N) is 2. The quantitative estimate of drug-likeness (QED) is 0.293. The van der Waals surface area contributed by atoms with E-state index in [-0.39, 0.29) is 13.1 Å². The van der Waals surface area contributed by atoms with Crippen LogP contribution in [0.4, 0.5) is 16.2 Å². The van der Waals surface area contributed by atoms with E-state index in [4.69, 9.17) is 22.6 Å². The molecule has 1 heterocycles. The molecule has 0 aromatic heterocycles. The van der Waals surface area contributed by atoms with Gasteiger partial charge in [-0.1, -0.05) is 29.8 Å². The number of primary amides is 1. The Kier molecular flexibility index (Phi) is 6.95. The van der Waals surface area contributed by atoms with E-state index in [1.54, 1.807) is 29.2 Å². The average molecular weight is 440 g/mol. The van der Waals surface area contributed by atoms with Crippen molar-refractivity contribution in [2.24, 2.45) is 10.7 Å². The molecule has 2 aromatic rings. The highest BCUT2D eigenvalue weighted by atomic mass is 35.5. The predicted octanol–water partition coefficient (Wildman–Crippen LogP) is 2.41. The molecule has 1 fully saturated rings. The monoisotopic (exact) mass is 439 g/mol. The Hall–Kier alpha value is -3.77. The number of urea groups is 1. The van der Waals surface area contributed by atoms with E-state index >= 15 is 0 Å². The fourth-order valence-electron chi connectivity index (χ4n) is 3.22. The van der Waals surface area contributed by atoms with Crippen molar-refractivity contribution < 1.29 is 9.59 Å². The van der Waals surface area contributed by atoms with E-state index in [0.29, 0.717) is 28.9 Å². The molecular weight excluding hydrogens is 418 g/mol. The zero-order valence-electron chi connectivity index (χ0n) is 16.9. The number of nitrogens with zero attached hydrogens (tertiary/aromatic N) is 4. The van der Waals surface area contributed by atoms with E-state index in [2.05, 4.69) is 15.6 Å².